The number of ether oxygens (including phenoxy) is 4. The number of rotatable bonds is 79. The van der Waals surface area contributed by atoms with Crippen LogP contribution in [0.1, 0.15) is 420 Å². The van der Waals surface area contributed by atoms with Crippen LogP contribution < -0.4 is 0 Å². The van der Waals surface area contributed by atoms with Crippen LogP contribution in [0.15, 0.2) is 0 Å². The van der Waals surface area contributed by atoms with Crippen LogP contribution in [0.5, 0.6) is 0 Å². The summed E-state index contributed by atoms with van der Waals surface area (Å²) in [5.41, 5.74) is 0. The zero-order valence-corrected chi connectivity index (χ0v) is 66.6. The number of hydrogen-bond donors (Lipinski definition) is 3. The second-order valence-corrected chi connectivity index (χ2v) is 32.2. The molecular formula is C80H156O17P2. The van der Waals surface area contributed by atoms with Crippen molar-refractivity contribution in [3.05, 3.63) is 0 Å². The van der Waals surface area contributed by atoms with E-state index in [4.69, 9.17) is 37.0 Å². The van der Waals surface area contributed by atoms with Crippen molar-refractivity contribution in [1.82, 2.24) is 0 Å². The van der Waals surface area contributed by atoms with Crippen molar-refractivity contribution in [2.75, 3.05) is 39.6 Å². The van der Waals surface area contributed by atoms with Crippen molar-refractivity contribution in [3.63, 3.8) is 0 Å². The third-order valence-electron chi connectivity index (χ3n) is 19.4. The van der Waals surface area contributed by atoms with Crippen molar-refractivity contribution >= 4 is 39.5 Å². The zero-order chi connectivity index (χ0) is 72.8. The van der Waals surface area contributed by atoms with Gasteiger partial charge < -0.3 is 33.8 Å². The molecule has 0 spiro atoms. The van der Waals surface area contributed by atoms with Crippen LogP contribution in [-0.2, 0) is 65.4 Å². The van der Waals surface area contributed by atoms with E-state index in [0.717, 1.165) is 108 Å². The second-order valence-electron chi connectivity index (χ2n) is 29.3. The maximum atomic E-state index is 13.1. The van der Waals surface area contributed by atoms with Gasteiger partial charge in [0.15, 0.2) is 12.2 Å². The lowest BCUT2D eigenvalue weighted by molar-refractivity contribution is -0.161. The first-order chi connectivity index (χ1) is 47.9. The molecule has 0 fully saturated rings. The average Bonchev–Trinajstić information content (AvgIpc) is 0.981. The lowest BCUT2D eigenvalue weighted by Gasteiger charge is -2.21. The quantitative estimate of drug-likeness (QED) is 0.0222. The number of carbonyl (C=O) groups excluding carboxylic acids is 4. The zero-order valence-electron chi connectivity index (χ0n) is 64.8. The van der Waals surface area contributed by atoms with Gasteiger partial charge in [0.2, 0.25) is 0 Å². The van der Waals surface area contributed by atoms with Crippen molar-refractivity contribution in [2.45, 2.75) is 439 Å². The van der Waals surface area contributed by atoms with Crippen molar-refractivity contribution in [3.8, 4) is 0 Å². The molecule has 0 aliphatic heterocycles. The highest BCUT2D eigenvalue weighted by Crippen LogP contribution is 2.45. The van der Waals surface area contributed by atoms with Crippen LogP contribution in [0.3, 0.4) is 0 Å². The average molecular weight is 1450 g/mol. The summed E-state index contributed by atoms with van der Waals surface area (Å²) >= 11 is 0. The topological polar surface area (TPSA) is 237 Å². The van der Waals surface area contributed by atoms with Gasteiger partial charge in [0.05, 0.1) is 26.4 Å². The van der Waals surface area contributed by atoms with Gasteiger partial charge in [-0.3, -0.25) is 37.3 Å². The second kappa shape index (κ2) is 71.7. The van der Waals surface area contributed by atoms with Gasteiger partial charge in [0.25, 0.3) is 0 Å². The molecule has 7 atom stereocenters. The van der Waals surface area contributed by atoms with Crippen molar-refractivity contribution < 1.29 is 80.2 Å². The Morgan fingerprint density at radius 3 is 0.717 bits per heavy atom. The fourth-order valence-corrected chi connectivity index (χ4v) is 13.9. The Bertz CT molecular complexity index is 1910. The van der Waals surface area contributed by atoms with Gasteiger partial charge in [0, 0.05) is 25.7 Å². The Morgan fingerprint density at radius 2 is 0.485 bits per heavy atom. The van der Waals surface area contributed by atoms with E-state index in [9.17, 15) is 43.2 Å². The Balaban J connectivity index is 5.25. The number of esters is 4. The van der Waals surface area contributed by atoms with Crippen molar-refractivity contribution in [2.24, 2.45) is 11.8 Å². The molecule has 4 unspecified atom stereocenters. The first-order valence-corrected chi connectivity index (χ1v) is 44.6. The number of aliphatic hydroxyl groups is 1. The van der Waals surface area contributed by atoms with Crippen LogP contribution in [0.25, 0.3) is 0 Å². The fourth-order valence-electron chi connectivity index (χ4n) is 12.3. The maximum absolute atomic E-state index is 13.1. The minimum Gasteiger partial charge on any atom is -0.462 e. The molecule has 0 aliphatic carbocycles. The normalized spacial score (nSPS) is 14.5. The highest BCUT2D eigenvalue weighted by Gasteiger charge is 2.30. The predicted molar refractivity (Wildman–Crippen MR) is 405 cm³/mol. The number of unbranched alkanes of at least 4 members (excludes halogenated alkanes) is 47. The molecule has 0 aromatic rings. The lowest BCUT2D eigenvalue weighted by Crippen LogP contribution is -2.30. The standard InChI is InChI=1S/C80H156O17P2/c1-7-11-13-15-17-19-21-23-25-27-31-35-39-43-50-56-62-77(82)90-68-75(96-79(84)64-59-53-45-41-37-33-29-28-30-34-38-42-48-54-60-72(5)9-3)70-94-98(86,87)92-66-74(81)67-93-99(88,89)95-71-76(69-91-78(83)63-57-51-47-46-49-55-61-73(6)10-4)97-80(85)65-58-52-44-40-36-32-26-24-22-20-18-16-14-12-8-2/h72-76,81H,7-71H2,1-6H3,(H,86,87)(H,88,89)/t72?,73?,74-,75-,76-/m1/s1. The number of phosphoric acid groups is 2. The van der Waals surface area contributed by atoms with E-state index < -0.39 is 97.5 Å². The van der Waals surface area contributed by atoms with Crippen LogP contribution in [-0.4, -0.2) is 96.7 Å². The van der Waals surface area contributed by atoms with E-state index in [2.05, 4.69) is 41.5 Å². The Labute approximate surface area is 607 Å². The predicted octanol–water partition coefficient (Wildman–Crippen LogP) is 23.9. The largest absolute Gasteiger partial charge is 0.472 e. The minimum absolute atomic E-state index is 0.107. The molecule has 0 saturated carbocycles. The molecule has 0 bridgehead atoms. The van der Waals surface area contributed by atoms with Gasteiger partial charge in [-0.1, -0.05) is 369 Å². The molecule has 0 heterocycles. The summed E-state index contributed by atoms with van der Waals surface area (Å²) in [4.78, 5) is 73.0. The molecule has 99 heavy (non-hydrogen) atoms. The van der Waals surface area contributed by atoms with Gasteiger partial charge in [-0.25, -0.2) is 9.13 Å². The molecule has 0 saturated heterocycles. The third-order valence-corrected chi connectivity index (χ3v) is 21.3. The number of aliphatic hydroxyl groups excluding tert-OH is 1. The van der Waals surface area contributed by atoms with Gasteiger partial charge in [0.1, 0.15) is 19.3 Å². The highest BCUT2D eigenvalue weighted by atomic mass is 31.2. The van der Waals surface area contributed by atoms with Crippen LogP contribution in [0.4, 0.5) is 0 Å². The molecule has 0 radical (unpaired) electrons. The first kappa shape index (κ1) is 97.1. The molecule has 17 nitrogen and oxygen atoms in total. The van der Waals surface area contributed by atoms with E-state index in [1.54, 1.807) is 0 Å². The smallest absolute Gasteiger partial charge is 0.462 e. The SMILES string of the molecule is CCCCCCCCCCCCCCCCCCC(=O)OC[C@H](COP(=O)(O)OC[C@@H](O)COP(=O)(O)OC[C@@H](COC(=O)CCCCCCCCC(C)CC)OC(=O)CCCCCCCCCCCCCCCCC)OC(=O)CCCCCCCCCCCCCCCCC(C)CC. The number of phosphoric ester groups is 2. The summed E-state index contributed by atoms with van der Waals surface area (Å²) in [5.74, 6) is -0.532. The van der Waals surface area contributed by atoms with E-state index in [1.807, 2.05) is 0 Å². The first-order valence-electron chi connectivity index (χ1n) is 41.6. The van der Waals surface area contributed by atoms with Gasteiger partial charge >= 0.3 is 39.5 Å². The molecule has 19 heteroatoms. The van der Waals surface area contributed by atoms with Crippen LogP contribution in [0.2, 0.25) is 0 Å². The highest BCUT2D eigenvalue weighted by molar-refractivity contribution is 7.47. The molecule has 0 aromatic heterocycles. The fraction of sp³-hybridized carbons (Fsp3) is 0.950. The Morgan fingerprint density at radius 1 is 0.283 bits per heavy atom. The lowest BCUT2D eigenvalue weighted by atomic mass is 9.99. The summed E-state index contributed by atoms with van der Waals surface area (Å²) in [7, 11) is -9.92. The van der Waals surface area contributed by atoms with Gasteiger partial charge in [-0.15, -0.1) is 0 Å². The molecule has 0 amide bonds. The molecular weight excluding hydrogens is 1290 g/mol. The molecule has 0 aromatic carbocycles. The third kappa shape index (κ3) is 71.5. The molecule has 0 aliphatic rings. The van der Waals surface area contributed by atoms with E-state index in [1.165, 1.54) is 231 Å². The number of carbonyl (C=O) groups is 4. The number of hydrogen-bond acceptors (Lipinski definition) is 15. The molecule has 588 valence electrons. The summed E-state index contributed by atoms with van der Waals surface area (Å²) in [6.45, 7) is 9.65. The maximum Gasteiger partial charge on any atom is 0.472 e. The Hall–Kier alpha value is -1.94. The molecule has 0 rings (SSSR count). The van der Waals surface area contributed by atoms with Gasteiger partial charge in [-0.2, -0.15) is 0 Å². The van der Waals surface area contributed by atoms with Crippen molar-refractivity contribution in [1.29, 1.82) is 0 Å². The summed E-state index contributed by atoms with van der Waals surface area (Å²) in [6, 6.07) is 0. The molecule has 3 N–H and O–H groups in total. The van der Waals surface area contributed by atoms with E-state index >= 15 is 0 Å². The minimum atomic E-state index is -4.96. The van der Waals surface area contributed by atoms with Crippen LogP contribution >= 0.6 is 15.6 Å². The van der Waals surface area contributed by atoms with Gasteiger partial charge in [-0.05, 0) is 37.5 Å². The monoisotopic (exact) mass is 1450 g/mol. The van der Waals surface area contributed by atoms with E-state index in [0.29, 0.717) is 25.7 Å². The Kier molecular flexibility index (Phi) is 70.3. The summed E-state index contributed by atoms with van der Waals surface area (Å²) in [5, 5.41) is 10.6. The van der Waals surface area contributed by atoms with E-state index in [-0.39, 0.29) is 25.7 Å². The summed E-state index contributed by atoms with van der Waals surface area (Å²) < 4.78 is 68.7. The summed E-state index contributed by atoms with van der Waals surface area (Å²) in [6.07, 6.45) is 60.9. The van der Waals surface area contributed by atoms with Crippen LogP contribution in [0, 0.1) is 11.8 Å².